The number of aromatic nitrogens is 2. The van der Waals surface area contributed by atoms with Crippen LogP contribution >= 0.6 is 0 Å². The van der Waals surface area contributed by atoms with Crippen molar-refractivity contribution in [3.8, 4) is 22.9 Å². The molecule has 0 bridgehead atoms. The molecule has 0 atom stereocenters. The SMILES string of the molecule is COc1ccc(-c2nccn2C2CCOCC2)c(OC)c1C. The number of methoxy groups -OCH3 is 2. The third-order valence-electron chi connectivity index (χ3n) is 4.27. The highest BCUT2D eigenvalue weighted by molar-refractivity contribution is 5.69. The van der Waals surface area contributed by atoms with Gasteiger partial charge in [0.2, 0.25) is 0 Å². The van der Waals surface area contributed by atoms with Crippen LogP contribution in [0.25, 0.3) is 11.4 Å². The molecular formula is C17H22N2O3. The fourth-order valence-corrected chi connectivity index (χ4v) is 3.11. The third kappa shape index (κ3) is 2.57. The van der Waals surface area contributed by atoms with E-state index in [1.807, 2.05) is 31.5 Å². The summed E-state index contributed by atoms with van der Waals surface area (Å²) < 4.78 is 18.7. The Labute approximate surface area is 130 Å². The van der Waals surface area contributed by atoms with Crippen LogP contribution in [0, 0.1) is 6.92 Å². The Hall–Kier alpha value is -2.01. The monoisotopic (exact) mass is 302 g/mol. The van der Waals surface area contributed by atoms with Crippen molar-refractivity contribution in [1.29, 1.82) is 0 Å². The molecule has 0 N–H and O–H groups in total. The Morgan fingerprint density at radius 2 is 1.95 bits per heavy atom. The number of ether oxygens (including phenoxy) is 3. The molecule has 1 aliphatic rings. The number of rotatable bonds is 4. The van der Waals surface area contributed by atoms with E-state index in [1.54, 1.807) is 14.2 Å². The Morgan fingerprint density at radius 3 is 2.64 bits per heavy atom. The van der Waals surface area contributed by atoms with Gasteiger partial charge in [-0.2, -0.15) is 0 Å². The first-order valence-corrected chi connectivity index (χ1v) is 7.58. The average Bonchev–Trinajstić information content (AvgIpc) is 3.04. The summed E-state index contributed by atoms with van der Waals surface area (Å²) in [6.07, 6.45) is 5.93. The lowest BCUT2D eigenvalue weighted by Crippen LogP contribution is -2.19. The van der Waals surface area contributed by atoms with E-state index in [4.69, 9.17) is 14.2 Å². The second-order valence-corrected chi connectivity index (χ2v) is 5.48. The molecule has 5 nitrogen and oxygen atoms in total. The van der Waals surface area contributed by atoms with Crippen LogP contribution in [-0.4, -0.2) is 37.0 Å². The van der Waals surface area contributed by atoms with E-state index in [-0.39, 0.29) is 0 Å². The quantitative estimate of drug-likeness (QED) is 0.870. The van der Waals surface area contributed by atoms with Crippen molar-refractivity contribution in [1.82, 2.24) is 9.55 Å². The first kappa shape index (κ1) is 14.9. The van der Waals surface area contributed by atoms with Crippen molar-refractivity contribution in [3.05, 3.63) is 30.1 Å². The van der Waals surface area contributed by atoms with Gasteiger partial charge in [0.05, 0.1) is 19.8 Å². The summed E-state index contributed by atoms with van der Waals surface area (Å²) in [6.45, 7) is 3.62. The third-order valence-corrected chi connectivity index (χ3v) is 4.27. The van der Waals surface area contributed by atoms with Crippen molar-refractivity contribution in [2.24, 2.45) is 0 Å². The van der Waals surface area contributed by atoms with Gasteiger partial charge in [-0.1, -0.05) is 0 Å². The van der Waals surface area contributed by atoms with E-state index >= 15 is 0 Å². The molecule has 1 saturated heterocycles. The highest BCUT2D eigenvalue weighted by Crippen LogP contribution is 2.38. The molecule has 0 unspecified atom stereocenters. The van der Waals surface area contributed by atoms with E-state index in [1.165, 1.54) is 0 Å². The summed E-state index contributed by atoms with van der Waals surface area (Å²) in [5, 5.41) is 0. The van der Waals surface area contributed by atoms with Gasteiger partial charge in [-0.05, 0) is 31.9 Å². The van der Waals surface area contributed by atoms with Gasteiger partial charge < -0.3 is 18.8 Å². The Morgan fingerprint density at radius 1 is 1.18 bits per heavy atom. The summed E-state index contributed by atoms with van der Waals surface area (Å²) in [7, 11) is 3.36. The van der Waals surface area contributed by atoms with E-state index < -0.39 is 0 Å². The van der Waals surface area contributed by atoms with Crippen LogP contribution < -0.4 is 9.47 Å². The molecule has 0 saturated carbocycles. The van der Waals surface area contributed by atoms with Gasteiger partial charge in [0.15, 0.2) is 0 Å². The minimum atomic E-state index is 0.429. The van der Waals surface area contributed by atoms with Crippen LogP contribution in [0.1, 0.15) is 24.4 Å². The molecule has 1 aromatic heterocycles. The van der Waals surface area contributed by atoms with Crippen LogP contribution in [-0.2, 0) is 4.74 Å². The van der Waals surface area contributed by atoms with Gasteiger partial charge in [0.1, 0.15) is 17.3 Å². The molecule has 2 heterocycles. The van der Waals surface area contributed by atoms with Gasteiger partial charge in [0.25, 0.3) is 0 Å². The van der Waals surface area contributed by atoms with E-state index in [2.05, 4.69) is 9.55 Å². The van der Waals surface area contributed by atoms with Crippen LogP contribution in [0.2, 0.25) is 0 Å². The summed E-state index contributed by atoms with van der Waals surface area (Å²) in [5.74, 6) is 2.58. The Kier molecular flexibility index (Phi) is 4.34. The fourth-order valence-electron chi connectivity index (χ4n) is 3.11. The molecule has 1 fully saturated rings. The largest absolute Gasteiger partial charge is 0.496 e. The van der Waals surface area contributed by atoms with E-state index in [0.29, 0.717) is 6.04 Å². The molecule has 0 radical (unpaired) electrons. The van der Waals surface area contributed by atoms with Crippen molar-refractivity contribution >= 4 is 0 Å². The maximum absolute atomic E-state index is 5.63. The van der Waals surface area contributed by atoms with E-state index in [0.717, 1.165) is 54.5 Å². The second-order valence-electron chi connectivity index (χ2n) is 5.48. The molecule has 2 aromatic rings. The molecule has 118 valence electrons. The van der Waals surface area contributed by atoms with Crippen LogP contribution in [0.3, 0.4) is 0 Å². The van der Waals surface area contributed by atoms with Crippen molar-refractivity contribution < 1.29 is 14.2 Å². The molecule has 0 aliphatic carbocycles. The Bertz CT molecular complexity index is 645. The number of hydrogen-bond donors (Lipinski definition) is 0. The summed E-state index contributed by atoms with van der Waals surface area (Å²) in [5.41, 5.74) is 1.99. The van der Waals surface area contributed by atoms with Gasteiger partial charge in [-0.25, -0.2) is 4.98 Å². The second kappa shape index (κ2) is 6.40. The number of hydrogen-bond acceptors (Lipinski definition) is 4. The maximum Gasteiger partial charge on any atom is 0.143 e. The van der Waals surface area contributed by atoms with Crippen LogP contribution in [0.15, 0.2) is 24.5 Å². The maximum atomic E-state index is 5.63. The molecule has 3 rings (SSSR count). The van der Waals surface area contributed by atoms with Crippen molar-refractivity contribution in [3.63, 3.8) is 0 Å². The summed E-state index contributed by atoms with van der Waals surface area (Å²) in [4.78, 5) is 4.57. The van der Waals surface area contributed by atoms with Gasteiger partial charge in [-0.15, -0.1) is 0 Å². The Balaban J connectivity index is 2.05. The first-order chi connectivity index (χ1) is 10.8. The first-order valence-electron chi connectivity index (χ1n) is 7.58. The smallest absolute Gasteiger partial charge is 0.143 e. The zero-order valence-corrected chi connectivity index (χ0v) is 13.3. The summed E-state index contributed by atoms with van der Waals surface area (Å²) >= 11 is 0. The van der Waals surface area contributed by atoms with Gasteiger partial charge >= 0.3 is 0 Å². The predicted molar refractivity (Wildman–Crippen MR) is 84.6 cm³/mol. The molecule has 0 spiro atoms. The highest BCUT2D eigenvalue weighted by Gasteiger charge is 2.22. The molecular weight excluding hydrogens is 280 g/mol. The molecule has 1 aromatic carbocycles. The lowest BCUT2D eigenvalue weighted by molar-refractivity contribution is 0.0700. The van der Waals surface area contributed by atoms with E-state index in [9.17, 15) is 0 Å². The topological polar surface area (TPSA) is 45.5 Å². The van der Waals surface area contributed by atoms with Gasteiger partial charge in [0, 0.05) is 37.2 Å². The molecule has 22 heavy (non-hydrogen) atoms. The minimum absolute atomic E-state index is 0.429. The minimum Gasteiger partial charge on any atom is -0.496 e. The van der Waals surface area contributed by atoms with Crippen LogP contribution in [0.4, 0.5) is 0 Å². The standard InChI is InChI=1S/C17H22N2O3/c1-12-15(20-2)5-4-14(16(12)21-3)17-18-8-9-19(17)13-6-10-22-11-7-13/h4-5,8-9,13H,6-7,10-11H2,1-3H3. The normalized spacial score (nSPS) is 15.8. The zero-order valence-electron chi connectivity index (χ0n) is 13.3. The number of benzene rings is 1. The van der Waals surface area contributed by atoms with Gasteiger partial charge in [-0.3, -0.25) is 0 Å². The molecule has 5 heteroatoms. The number of imidazole rings is 1. The lowest BCUT2D eigenvalue weighted by Gasteiger charge is -2.25. The molecule has 1 aliphatic heterocycles. The average molecular weight is 302 g/mol. The zero-order chi connectivity index (χ0) is 15.5. The fraction of sp³-hybridized carbons (Fsp3) is 0.471. The van der Waals surface area contributed by atoms with Crippen molar-refractivity contribution in [2.45, 2.75) is 25.8 Å². The number of nitrogens with zero attached hydrogens (tertiary/aromatic N) is 2. The van der Waals surface area contributed by atoms with Crippen LogP contribution in [0.5, 0.6) is 11.5 Å². The lowest BCUT2D eigenvalue weighted by atomic mass is 10.1. The molecule has 0 amide bonds. The van der Waals surface area contributed by atoms with Crippen molar-refractivity contribution in [2.75, 3.05) is 27.4 Å². The predicted octanol–water partition coefficient (Wildman–Crippen LogP) is 3.23. The summed E-state index contributed by atoms with van der Waals surface area (Å²) in [6, 6.07) is 4.41. The highest BCUT2D eigenvalue weighted by atomic mass is 16.5.